The van der Waals surface area contributed by atoms with E-state index in [1.165, 1.54) is 6.07 Å². The minimum atomic E-state index is -3.95. The van der Waals surface area contributed by atoms with Crippen LogP contribution in [0, 0.1) is 0 Å². The van der Waals surface area contributed by atoms with Crippen LogP contribution in [0.2, 0.25) is 0 Å². The quantitative estimate of drug-likeness (QED) is 0.579. The van der Waals surface area contributed by atoms with E-state index >= 15 is 0 Å². The fourth-order valence-corrected chi connectivity index (χ4v) is 2.64. The molecular weight excluding hydrogens is 278 g/mol. The lowest BCUT2D eigenvalue weighted by Gasteiger charge is -2.13. The number of hydrogen-bond acceptors (Lipinski definition) is 4. The van der Waals surface area contributed by atoms with Crippen LogP contribution in [0.25, 0.3) is 11.1 Å². The molecule has 5 N–H and O–H groups in total. The highest BCUT2D eigenvalue weighted by molar-refractivity contribution is 7.89. The van der Waals surface area contributed by atoms with Crippen molar-refractivity contribution in [2.75, 3.05) is 11.1 Å². The Kier molecular flexibility index (Phi) is 3.73. The van der Waals surface area contributed by atoms with Crippen molar-refractivity contribution < 1.29 is 13.2 Å². The second-order valence-corrected chi connectivity index (χ2v) is 5.64. The molecule has 0 fully saturated rings. The summed E-state index contributed by atoms with van der Waals surface area (Å²) in [5.74, 6) is 0. The summed E-state index contributed by atoms with van der Waals surface area (Å²) in [7, 11) is -3.95. The van der Waals surface area contributed by atoms with Gasteiger partial charge in [0.25, 0.3) is 0 Å². The molecule has 2 aromatic carbocycles. The molecule has 0 radical (unpaired) electrons. The molecule has 2 rings (SSSR count). The molecule has 0 aromatic heterocycles. The summed E-state index contributed by atoms with van der Waals surface area (Å²) in [6, 6.07) is 11.4. The monoisotopic (exact) mass is 291 g/mol. The van der Waals surface area contributed by atoms with Crippen LogP contribution in [0.15, 0.2) is 47.4 Å². The largest absolute Gasteiger partial charge is 0.399 e. The Morgan fingerprint density at radius 3 is 2.40 bits per heavy atom. The van der Waals surface area contributed by atoms with Gasteiger partial charge in [-0.3, -0.25) is 4.79 Å². The summed E-state index contributed by atoms with van der Waals surface area (Å²) in [6.07, 6.45) is 0.403. The molecule has 0 heterocycles. The molecule has 0 atom stereocenters. The standard InChI is InChI=1S/C13H13N3O3S/c14-10-4-1-3-9(7-10)11-5-2-6-12(20(15,18)19)13(11)16-8-17/h1-8H,14H2,(H,16,17)(H2,15,18,19). The number of rotatable bonds is 4. The molecule has 20 heavy (non-hydrogen) atoms. The first kappa shape index (κ1) is 14.0. The van der Waals surface area contributed by atoms with Crippen molar-refractivity contribution in [3.05, 3.63) is 42.5 Å². The number of carbonyl (C=O) groups excluding carboxylic acids is 1. The van der Waals surface area contributed by atoms with E-state index < -0.39 is 10.0 Å². The number of benzene rings is 2. The summed E-state index contributed by atoms with van der Waals surface area (Å²) in [5, 5.41) is 7.55. The van der Waals surface area contributed by atoms with E-state index in [2.05, 4.69) is 5.32 Å². The van der Waals surface area contributed by atoms with Gasteiger partial charge in [0.15, 0.2) is 0 Å². The zero-order chi connectivity index (χ0) is 14.8. The molecule has 0 bridgehead atoms. The number of nitrogen functional groups attached to an aromatic ring is 1. The third kappa shape index (κ3) is 2.79. The number of anilines is 2. The normalized spacial score (nSPS) is 11.1. The number of nitrogens with one attached hydrogen (secondary N) is 1. The van der Waals surface area contributed by atoms with Gasteiger partial charge in [0.1, 0.15) is 4.90 Å². The van der Waals surface area contributed by atoms with Crippen molar-refractivity contribution in [1.82, 2.24) is 0 Å². The Morgan fingerprint density at radius 1 is 1.10 bits per heavy atom. The van der Waals surface area contributed by atoms with Crippen molar-refractivity contribution in [2.24, 2.45) is 5.14 Å². The Morgan fingerprint density at radius 2 is 1.80 bits per heavy atom. The van der Waals surface area contributed by atoms with E-state index in [4.69, 9.17) is 10.9 Å². The highest BCUT2D eigenvalue weighted by atomic mass is 32.2. The molecule has 0 aliphatic rings. The number of sulfonamides is 1. The minimum Gasteiger partial charge on any atom is -0.399 e. The molecule has 0 unspecified atom stereocenters. The minimum absolute atomic E-state index is 0.135. The van der Waals surface area contributed by atoms with Crippen molar-refractivity contribution >= 4 is 27.8 Å². The van der Waals surface area contributed by atoms with Crippen LogP contribution in [0.4, 0.5) is 11.4 Å². The summed E-state index contributed by atoms with van der Waals surface area (Å²) >= 11 is 0. The van der Waals surface area contributed by atoms with E-state index in [0.717, 1.165) is 0 Å². The molecule has 2 aromatic rings. The van der Waals surface area contributed by atoms with Gasteiger partial charge in [-0.25, -0.2) is 13.6 Å². The average molecular weight is 291 g/mol. The smallest absolute Gasteiger partial charge is 0.240 e. The third-order valence-corrected chi connectivity index (χ3v) is 3.69. The van der Waals surface area contributed by atoms with Gasteiger partial charge in [-0.1, -0.05) is 24.3 Å². The van der Waals surface area contributed by atoms with Crippen LogP contribution in [0.3, 0.4) is 0 Å². The molecule has 1 amide bonds. The number of carbonyl (C=O) groups is 1. The van der Waals surface area contributed by atoms with E-state index in [1.807, 2.05) is 0 Å². The van der Waals surface area contributed by atoms with Crippen LogP contribution in [-0.2, 0) is 14.8 Å². The molecule has 0 aliphatic heterocycles. The lowest BCUT2D eigenvalue weighted by Crippen LogP contribution is -2.15. The van der Waals surface area contributed by atoms with Crippen molar-refractivity contribution in [3.8, 4) is 11.1 Å². The first-order valence-corrected chi connectivity index (χ1v) is 7.20. The van der Waals surface area contributed by atoms with Crippen LogP contribution in [0.1, 0.15) is 0 Å². The summed E-state index contributed by atoms with van der Waals surface area (Å²) < 4.78 is 23.2. The van der Waals surface area contributed by atoms with E-state index in [9.17, 15) is 13.2 Å². The van der Waals surface area contributed by atoms with Gasteiger partial charge in [0.2, 0.25) is 16.4 Å². The summed E-state index contributed by atoms with van der Waals surface area (Å²) in [5.41, 5.74) is 7.58. The molecule has 0 saturated heterocycles. The zero-order valence-corrected chi connectivity index (χ0v) is 11.2. The van der Waals surface area contributed by atoms with Crippen molar-refractivity contribution in [1.29, 1.82) is 0 Å². The Balaban J connectivity index is 2.73. The molecule has 6 nitrogen and oxygen atoms in total. The van der Waals surface area contributed by atoms with Gasteiger partial charge < -0.3 is 11.1 Å². The number of amides is 1. The Bertz CT molecular complexity index is 757. The lowest BCUT2D eigenvalue weighted by molar-refractivity contribution is -0.105. The van der Waals surface area contributed by atoms with Crippen molar-refractivity contribution in [2.45, 2.75) is 4.90 Å². The molecule has 0 spiro atoms. The van der Waals surface area contributed by atoms with Crippen LogP contribution < -0.4 is 16.2 Å². The van der Waals surface area contributed by atoms with Crippen LogP contribution in [0.5, 0.6) is 0 Å². The number of hydrogen-bond donors (Lipinski definition) is 3. The summed E-state index contributed by atoms with van der Waals surface area (Å²) in [4.78, 5) is 10.6. The SMILES string of the molecule is Nc1cccc(-c2cccc(S(N)(=O)=O)c2NC=O)c1. The van der Waals surface area contributed by atoms with Gasteiger partial charge in [0, 0.05) is 11.3 Å². The molecule has 7 heteroatoms. The molecule has 0 saturated carbocycles. The predicted molar refractivity (Wildman–Crippen MR) is 77.4 cm³/mol. The number of primary sulfonamides is 1. The Labute approximate surface area is 116 Å². The predicted octanol–water partition coefficient (Wildman–Crippen LogP) is 1.15. The maximum atomic E-state index is 11.6. The highest BCUT2D eigenvalue weighted by Gasteiger charge is 2.17. The zero-order valence-electron chi connectivity index (χ0n) is 10.4. The maximum absolute atomic E-state index is 11.6. The second-order valence-electron chi connectivity index (χ2n) is 4.11. The molecular formula is C13H13N3O3S. The number of nitrogens with two attached hydrogens (primary N) is 2. The van der Waals surface area contributed by atoms with E-state index in [-0.39, 0.29) is 10.6 Å². The summed E-state index contributed by atoms with van der Waals surface area (Å²) in [6.45, 7) is 0. The van der Waals surface area contributed by atoms with Crippen LogP contribution in [-0.4, -0.2) is 14.8 Å². The van der Waals surface area contributed by atoms with Gasteiger partial charge in [-0.2, -0.15) is 0 Å². The first-order chi connectivity index (χ1) is 9.43. The first-order valence-electron chi connectivity index (χ1n) is 5.65. The maximum Gasteiger partial charge on any atom is 0.240 e. The van der Waals surface area contributed by atoms with Crippen molar-refractivity contribution in [3.63, 3.8) is 0 Å². The second kappa shape index (κ2) is 5.32. The fraction of sp³-hybridized carbons (Fsp3) is 0. The topological polar surface area (TPSA) is 115 Å². The molecule has 104 valence electrons. The van der Waals surface area contributed by atoms with Crippen LogP contribution >= 0.6 is 0 Å². The van der Waals surface area contributed by atoms with Gasteiger partial charge in [0.05, 0.1) is 5.69 Å². The highest BCUT2D eigenvalue weighted by Crippen LogP contribution is 2.33. The van der Waals surface area contributed by atoms with Gasteiger partial charge in [-0.15, -0.1) is 0 Å². The lowest BCUT2D eigenvalue weighted by atomic mass is 10.0. The average Bonchev–Trinajstić information content (AvgIpc) is 2.38. The fourth-order valence-electron chi connectivity index (χ4n) is 1.92. The third-order valence-electron chi connectivity index (χ3n) is 2.73. The molecule has 0 aliphatic carbocycles. The van der Waals surface area contributed by atoms with E-state index in [0.29, 0.717) is 23.2 Å². The number of para-hydroxylation sites is 1. The van der Waals surface area contributed by atoms with E-state index in [1.54, 1.807) is 36.4 Å². The van der Waals surface area contributed by atoms with Gasteiger partial charge in [-0.05, 0) is 23.8 Å². The Hall–Kier alpha value is -2.38. The van der Waals surface area contributed by atoms with Gasteiger partial charge >= 0.3 is 0 Å².